The standard InChI is InChI=1S/C14H16N4/c15-8-13(12-4-2-1-3-5-12)11-18-7-6-17-10-14(18)9-16/h1-5,13-14,17H,6-7,10-11H2. The van der Waals surface area contributed by atoms with Crippen LogP contribution >= 0.6 is 0 Å². The highest BCUT2D eigenvalue weighted by atomic mass is 15.2. The van der Waals surface area contributed by atoms with Crippen molar-refractivity contribution in [3.63, 3.8) is 0 Å². The smallest absolute Gasteiger partial charge is 0.110 e. The monoisotopic (exact) mass is 240 g/mol. The molecule has 0 bridgehead atoms. The van der Waals surface area contributed by atoms with E-state index in [1.165, 1.54) is 0 Å². The van der Waals surface area contributed by atoms with Crippen molar-refractivity contribution in [3.8, 4) is 12.1 Å². The molecule has 1 aliphatic rings. The van der Waals surface area contributed by atoms with Gasteiger partial charge in [0.1, 0.15) is 6.04 Å². The van der Waals surface area contributed by atoms with E-state index in [0.717, 1.165) is 18.7 Å². The van der Waals surface area contributed by atoms with Gasteiger partial charge in [0.2, 0.25) is 0 Å². The topological polar surface area (TPSA) is 62.9 Å². The predicted octanol–water partition coefficient (Wildman–Crippen LogP) is 1.09. The fraction of sp³-hybridized carbons (Fsp3) is 0.429. The highest BCUT2D eigenvalue weighted by molar-refractivity contribution is 5.25. The number of piperazine rings is 1. The van der Waals surface area contributed by atoms with E-state index >= 15 is 0 Å². The molecule has 0 saturated carbocycles. The first-order chi connectivity index (χ1) is 8.85. The van der Waals surface area contributed by atoms with Crippen LogP contribution in [0.2, 0.25) is 0 Å². The van der Waals surface area contributed by atoms with Crippen molar-refractivity contribution in [2.75, 3.05) is 26.2 Å². The Morgan fingerprint density at radius 2 is 2.11 bits per heavy atom. The van der Waals surface area contributed by atoms with Gasteiger partial charge in [-0.2, -0.15) is 10.5 Å². The van der Waals surface area contributed by atoms with Crippen LogP contribution in [0.25, 0.3) is 0 Å². The summed E-state index contributed by atoms with van der Waals surface area (Å²) in [6.07, 6.45) is 0. The first-order valence-corrected chi connectivity index (χ1v) is 6.14. The second-order valence-electron chi connectivity index (χ2n) is 4.44. The van der Waals surface area contributed by atoms with Crippen molar-refractivity contribution in [3.05, 3.63) is 35.9 Å². The van der Waals surface area contributed by atoms with Crippen LogP contribution in [0.15, 0.2) is 30.3 Å². The zero-order chi connectivity index (χ0) is 12.8. The number of nitriles is 2. The van der Waals surface area contributed by atoms with Gasteiger partial charge in [0.15, 0.2) is 0 Å². The molecule has 0 aromatic heterocycles. The first kappa shape index (κ1) is 12.6. The molecule has 1 aromatic carbocycles. The summed E-state index contributed by atoms with van der Waals surface area (Å²) in [5.41, 5.74) is 1.02. The summed E-state index contributed by atoms with van der Waals surface area (Å²) in [6, 6.07) is 14.3. The molecule has 2 unspecified atom stereocenters. The number of benzene rings is 1. The van der Waals surface area contributed by atoms with Crippen LogP contribution in [0, 0.1) is 22.7 Å². The van der Waals surface area contributed by atoms with E-state index in [0.29, 0.717) is 13.1 Å². The Kier molecular flexibility index (Phi) is 4.30. The average molecular weight is 240 g/mol. The molecule has 0 aliphatic carbocycles. The Bertz CT molecular complexity index is 457. The second kappa shape index (κ2) is 6.16. The van der Waals surface area contributed by atoms with Gasteiger partial charge >= 0.3 is 0 Å². The lowest BCUT2D eigenvalue weighted by Crippen LogP contribution is -2.51. The van der Waals surface area contributed by atoms with Gasteiger partial charge in [-0.25, -0.2) is 0 Å². The van der Waals surface area contributed by atoms with E-state index in [1.54, 1.807) is 0 Å². The molecule has 2 rings (SSSR count). The Balaban J connectivity index is 2.07. The van der Waals surface area contributed by atoms with Crippen molar-refractivity contribution < 1.29 is 0 Å². The van der Waals surface area contributed by atoms with Crippen molar-refractivity contribution >= 4 is 0 Å². The quantitative estimate of drug-likeness (QED) is 0.859. The minimum absolute atomic E-state index is 0.127. The van der Waals surface area contributed by atoms with Gasteiger partial charge in [-0.15, -0.1) is 0 Å². The lowest BCUT2D eigenvalue weighted by molar-refractivity contribution is 0.194. The first-order valence-electron chi connectivity index (χ1n) is 6.14. The van der Waals surface area contributed by atoms with Crippen LogP contribution in [0.4, 0.5) is 0 Å². The summed E-state index contributed by atoms with van der Waals surface area (Å²) in [6.45, 7) is 3.01. The van der Waals surface area contributed by atoms with Gasteiger partial charge in [0.25, 0.3) is 0 Å². The predicted molar refractivity (Wildman–Crippen MR) is 68.6 cm³/mol. The highest BCUT2D eigenvalue weighted by Crippen LogP contribution is 2.17. The molecule has 92 valence electrons. The van der Waals surface area contributed by atoms with Gasteiger partial charge in [-0.05, 0) is 5.56 Å². The molecule has 0 amide bonds. The van der Waals surface area contributed by atoms with E-state index in [1.807, 2.05) is 30.3 Å². The number of nitrogens with one attached hydrogen (secondary N) is 1. The molecule has 1 saturated heterocycles. The van der Waals surface area contributed by atoms with Crippen molar-refractivity contribution in [2.45, 2.75) is 12.0 Å². The number of rotatable bonds is 3. The highest BCUT2D eigenvalue weighted by Gasteiger charge is 2.25. The van der Waals surface area contributed by atoms with Gasteiger partial charge in [-0.1, -0.05) is 30.3 Å². The molecule has 1 aliphatic heterocycles. The Hall–Kier alpha value is -1.88. The maximum Gasteiger partial charge on any atom is 0.110 e. The SMILES string of the molecule is N#CC(CN1CCNCC1C#N)c1ccccc1. The van der Waals surface area contributed by atoms with E-state index in [-0.39, 0.29) is 12.0 Å². The summed E-state index contributed by atoms with van der Waals surface area (Å²) in [5.74, 6) is -0.167. The van der Waals surface area contributed by atoms with E-state index in [9.17, 15) is 5.26 Å². The molecular formula is C14H16N4. The molecule has 0 radical (unpaired) electrons. The zero-order valence-corrected chi connectivity index (χ0v) is 10.2. The third kappa shape index (κ3) is 2.87. The number of hydrogen-bond donors (Lipinski definition) is 1. The van der Waals surface area contributed by atoms with Gasteiger partial charge in [0.05, 0.1) is 18.1 Å². The maximum absolute atomic E-state index is 9.29. The van der Waals surface area contributed by atoms with Crippen molar-refractivity contribution in [2.24, 2.45) is 0 Å². The third-order valence-corrected chi connectivity index (χ3v) is 3.28. The van der Waals surface area contributed by atoms with Gasteiger partial charge in [0, 0.05) is 26.2 Å². The molecule has 4 heteroatoms. The summed E-state index contributed by atoms with van der Waals surface area (Å²) < 4.78 is 0. The fourth-order valence-corrected chi connectivity index (χ4v) is 2.23. The van der Waals surface area contributed by atoms with Gasteiger partial charge < -0.3 is 5.32 Å². The van der Waals surface area contributed by atoms with Crippen molar-refractivity contribution in [1.29, 1.82) is 10.5 Å². The minimum atomic E-state index is -0.167. The molecule has 2 atom stereocenters. The van der Waals surface area contributed by atoms with E-state index in [2.05, 4.69) is 22.4 Å². The normalized spacial score (nSPS) is 21.8. The maximum atomic E-state index is 9.29. The summed E-state index contributed by atoms with van der Waals surface area (Å²) in [4.78, 5) is 2.09. The summed E-state index contributed by atoms with van der Waals surface area (Å²) in [5, 5.41) is 21.6. The van der Waals surface area contributed by atoms with Crippen LogP contribution in [0.3, 0.4) is 0 Å². The Labute approximate surface area is 107 Å². The molecule has 1 heterocycles. The molecule has 1 N–H and O–H groups in total. The number of hydrogen-bond acceptors (Lipinski definition) is 4. The van der Waals surface area contributed by atoms with Crippen LogP contribution in [-0.2, 0) is 0 Å². The van der Waals surface area contributed by atoms with E-state index in [4.69, 9.17) is 5.26 Å². The summed E-state index contributed by atoms with van der Waals surface area (Å²) >= 11 is 0. The molecular weight excluding hydrogens is 224 g/mol. The molecule has 18 heavy (non-hydrogen) atoms. The summed E-state index contributed by atoms with van der Waals surface area (Å²) in [7, 11) is 0. The van der Waals surface area contributed by atoms with Gasteiger partial charge in [-0.3, -0.25) is 4.90 Å². The van der Waals surface area contributed by atoms with Crippen molar-refractivity contribution in [1.82, 2.24) is 10.2 Å². The molecule has 4 nitrogen and oxygen atoms in total. The Morgan fingerprint density at radius 3 is 2.78 bits per heavy atom. The van der Waals surface area contributed by atoms with Crippen LogP contribution in [-0.4, -0.2) is 37.1 Å². The average Bonchev–Trinajstić information content (AvgIpc) is 2.46. The minimum Gasteiger partial charge on any atom is -0.313 e. The molecule has 0 spiro atoms. The molecule has 1 aromatic rings. The van der Waals surface area contributed by atoms with E-state index < -0.39 is 0 Å². The van der Waals surface area contributed by atoms with Crippen LogP contribution < -0.4 is 5.32 Å². The fourth-order valence-electron chi connectivity index (χ4n) is 2.23. The Morgan fingerprint density at radius 1 is 1.33 bits per heavy atom. The second-order valence-corrected chi connectivity index (χ2v) is 4.44. The largest absolute Gasteiger partial charge is 0.313 e. The molecule has 1 fully saturated rings. The lowest BCUT2D eigenvalue weighted by atomic mass is 9.99. The van der Waals surface area contributed by atoms with Crippen LogP contribution in [0.5, 0.6) is 0 Å². The lowest BCUT2D eigenvalue weighted by Gasteiger charge is -2.33. The third-order valence-electron chi connectivity index (χ3n) is 3.28. The number of nitrogens with zero attached hydrogens (tertiary/aromatic N) is 3. The van der Waals surface area contributed by atoms with Crippen LogP contribution in [0.1, 0.15) is 11.5 Å². The zero-order valence-electron chi connectivity index (χ0n) is 10.2.